The zero-order chi connectivity index (χ0) is 21.0. The number of sulfonamides is 1. The Kier molecular flexibility index (Phi) is 6.59. The zero-order valence-corrected chi connectivity index (χ0v) is 17.9. The molecule has 2 atom stereocenters. The number of hydrogen-bond acceptors (Lipinski definition) is 4. The Morgan fingerprint density at radius 3 is 2.41 bits per heavy atom. The minimum atomic E-state index is -3.71. The lowest BCUT2D eigenvalue weighted by molar-refractivity contribution is -0.125. The number of nitrogens with zero attached hydrogens (tertiary/aromatic N) is 1. The van der Waals surface area contributed by atoms with Crippen LogP contribution in [0.5, 0.6) is 5.75 Å². The van der Waals surface area contributed by atoms with Gasteiger partial charge in [0.05, 0.1) is 18.0 Å². The molecule has 1 aliphatic rings. The summed E-state index contributed by atoms with van der Waals surface area (Å²) in [6.07, 6.45) is 1.90. The number of ether oxygens (including phenoxy) is 1. The van der Waals surface area contributed by atoms with Gasteiger partial charge in [-0.15, -0.1) is 0 Å². The second kappa shape index (κ2) is 8.97. The largest absolute Gasteiger partial charge is 0.497 e. The molecule has 0 bridgehead atoms. The van der Waals surface area contributed by atoms with E-state index in [1.165, 1.54) is 4.31 Å². The van der Waals surface area contributed by atoms with Gasteiger partial charge in [-0.25, -0.2) is 8.42 Å². The molecular formula is C22H28N2O4S. The number of hydrogen-bond donors (Lipinski definition) is 1. The molecule has 156 valence electrons. The van der Waals surface area contributed by atoms with Crippen molar-refractivity contribution in [1.29, 1.82) is 0 Å². The molecule has 2 aromatic carbocycles. The number of amides is 1. The summed E-state index contributed by atoms with van der Waals surface area (Å²) in [5, 5.41) is 3.04. The topological polar surface area (TPSA) is 75.7 Å². The van der Waals surface area contributed by atoms with E-state index in [0.717, 1.165) is 16.9 Å². The van der Waals surface area contributed by atoms with E-state index in [4.69, 9.17) is 4.74 Å². The van der Waals surface area contributed by atoms with Crippen LogP contribution in [0.25, 0.3) is 0 Å². The van der Waals surface area contributed by atoms with Crippen molar-refractivity contribution in [3.8, 4) is 5.75 Å². The highest BCUT2D eigenvalue weighted by Gasteiger charge is 2.39. The zero-order valence-electron chi connectivity index (χ0n) is 17.1. The second-order valence-electron chi connectivity index (χ2n) is 7.33. The molecule has 1 amide bonds. The third kappa shape index (κ3) is 4.62. The molecule has 0 aromatic heterocycles. The van der Waals surface area contributed by atoms with Crippen LogP contribution >= 0.6 is 0 Å². The van der Waals surface area contributed by atoms with Crippen LogP contribution in [0.15, 0.2) is 53.4 Å². The Hall–Kier alpha value is -2.38. The molecular weight excluding hydrogens is 388 g/mol. The predicted molar refractivity (Wildman–Crippen MR) is 112 cm³/mol. The van der Waals surface area contributed by atoms with Crippen LogP contribution in [0.3, 0.4) is 0 Å². The third-order valence-corrected chi connectivity index (χ3v) is 7.30. The molecule has 29 heavy (non-hydrogen) atoms. The Bertz CT molecular complexity index is 940. The molecule has 1 saturated heterocycles. The summed E-state index contributed by atoms with van der Waals surface area (Å²) in [7, 11) is -2.10. The Morgan fingerprint density at radius 1 is 1.17 bits per heavy atom. The van der Waals surface area contributed by atoms with E-state index in [9.17, 15) is 13.2 Å². The van der Waals surface area contributed by atoms with Gasteiger partial charge in [-0.05, 0) is 56.0 Å². The van der Waals surface area contributed by atoms with Crippen molar-refractivity contribution >= 4 is 15.9 Å². The van der Waals surface area contributed by atoms with Crippen molar-refractivity contribution in [2.75, 3.05) is 13.7 Å². The number of rotatable bonds is 7. The lowest BCUT2D eigenvalue weighted by Gasteiger charge is -2.26. The lowest BCUT2D eigenvalue weighted by atomic mass is 10.0. The van der Waals surface area contributed by atoms with E-state index < -0.39 is 16.1 Å². The molecule has 2 aromatic rings. The maximum Gasteiger partial charge on any atom is 0.243 e. The molecule has 6 nitrogen and oxygen atoms in total. The summed E-state index contributed by atoms with van der Waals surface area (Å²) < 4.78 is 32.7. The number of methoxy groups -OCH3 is 1. The minimum absolute atomic E-state index is 0.182. The van der Waals surface area contributed by atoms with Crippen LogP contribution in [-0.4, -0.2) is 38.3 Å². The number of nitrogens with one attached hydrogen (secondary N) is 1. The molecule has 0 saturated carbocycles. The molecule has 1 fully saturated rings. The van der Waals surface area contributed by atoms with Crippen molar-refractivity contribution in [3.05, 3.63) is 59.7 Å². The van der Waals surface area contributed by atoms with Crippen molar-refractivity contribution in [2.24, 2.45) is 0 Å². The number of aryl methyl sites for hydroxylation is 1. The average Bonchev–Trinajstić information content (AvgIpc) is 3.23. The highest BCUT2D eigenvalue weighted by Crippen LogP contribution is 2.28. The SMILES string of the molecule is CCC(NC(=O)C1CCCN1S(=O)(=O)c1ccc(C)cc1)c1ccc(OC)cc1. The van der Waals surface area contributed by atoms with Gasteiger partial charge >= 0.3 is 0 Å². The average molecular weight is 417 g/mol. The van der Waals surface area contributed by atoms with Gasteiger partial charge in [0, 0.05) is 6.54 Å². The molecule has 0 spiro atoms. The molecule has 1 N–H and O–H groups in total. The molecule has 0 radical (unpaired) electrons. The summed E-state index contributed by atoms with van der Waals surface area (Å²) in [5.74, 6) is 0.502. The maximum atomic E-state index is 13.1. The van der Waals surface area contributed by atoms with Gasteiger partial charge in [-0.1, -0.05) is 36.8 Å². The van der Waals surface area contributed by atoms with E-state index in [0.29, 0.717) is 25.8 Å². The summed E-state index contributed by atoms with van der Waals surface area (Å²) in [6.45, 7) is 4.25. The van der Waals surface area contributed by atoms with Crippen molar-refractivity contribution < 1.29 is 17.9 Å². The van der Waals surface area contributed by atoms with Gasteiger partial charge in [0.15, 0.2) is 0 Å². The van der Waals surface area contributed by atoms with Gasteiger partial charge in [0.1, 0.15) is 11.8 Å². The quantitative estimate of drug-likeness (QED) is 0.750. The molecule has 2 unspecified atom stereocenters. The first-order valence-corrected chi connectivity index (χ1v) is 11.3. The summed E-state index contributed by atoms with van der Waals surface area (Å²) >= 11 is 0. The van der Waals surface area contributed by atoms with E-state index >= 15 is 0 Å². The van der Waals surface area contributed by atoms with Gasteiger partial charge < -0.3 is 10.1 Å². The van der Waals surface area contributed by atoms with Crippen molar-refractivity contribution in [1.82, 2.24) is 9.62 Å². The lowest BCUT2D eigenvalue weighted by Crippen LogP contribution is -2.46. The predicted octanol–water partition coefficient (Wildman–Crippen LogP) is 3.42. The number of carbonyl (C=O) groups is 1. The maximum absolute atomic E-state index is 13.1. The summed E-state index contributed by atoms with van der Waals surface area (Å²) in [6, 6.07) is 13.4. The number of benzene rings is 2. The first-order chi connectivity index (χ1) is 13.9. The Balaban J connectivity index is 1.77. The fourth-order valence-corrected chi connectivity index (χ4v) is 5.32. The monoisotopic (exact) mass is 416 g/mol. The van der Waals surface area contributed by atoms with Crippen molar-refractivity contribution in [3.63, 3.8) is 0 Å². The van der Waals surface area contributed by atoms with Crippen LogP contribution in [0.4, 0.5) is 0 Å². The highest BCUT2D eigenvalue weighted by atomic mass is 32.2. The third-order valence-electron chi connectivity index (χ3n) is 5.38. The van der Waals surface area contributed by atoms with Gasteiger partial charge in [-0.2, -0.15) is 4.31 Å². The molecule has 0 aliphatic carbocycles. The van der Waals surface area contributed by atoms with E-state index in [1.807, 2.05) is 38.1 Å². The van der Waals surface area contributed by atoms with Crippen LogP contribution < -0.4 is 10.1 Å². The highest BCUT2D eigenvalue weighted by molar-refractivity contribution is 7.89. The fraction of sp³-hybridized carbons (Fsp3) is 0.409. The van der Waals surface area contributed by atoms with Crippen LogP contribution in [0.1, 0.15) is 43.4 Å². The van der Waals surface area contributed by atoms with Crippen molar-refractivity contribution in [2.45, 2.75) is 50.1 Å². The van der Waals surface area contributed by atoms with Gasteiger partial charge in [0.25, 0.3) is 0 Å². The van der Waals surface area contributed by atoms with Crippen LogP contribution in [-0.2, 0) is 14.8 Å². The Labute approximate surface area is 172 Å². The van der Waals surface area contributed by atoms with Crippen LogP contribution in [0, 0.1) is 6.92 Å². The van der Waals surface area contributed by atoms with Gasteiger partial charge in [-0.3, -0.25) is 4.79 Å². The molecule has 7 heteroatoms. The second-order valence-corrected chi connectivity index (χ2v) is 9.22. The first kappa shape index (κ1) is 21.3. The summed E-state index contributed by atoms with van der Waals surface area (Å²) in [5.41, 5.74) is 1.96. The van der Waals surface area contributed by atoms with E-state index in [2.05, 4.69) is 5.32 Å². The van der Waals surface area contributed by atoms with Crippen LogP contribution in [0.2, 0.25) is 0 Å². The van der Waals surface area contributed by atoms with E-state index in [1.54, 1.807) is 31.4 Å². The normalized spacial score (nSPS) is 18.4. The summed E-state index contributed by atoms with van der Waals surface area (Å²) in [4.78, 5) is 13.2. The molecule has 1 aliphatic heterocycles. The smallest absolute Gasteiger partial charge is 0.243 e. The molecule has 1 heterocycles. The molecule has 3 rings (SSSR count). The fourth-order valence-electron chi connectivity index (χ4n) is 3.66. The Morgan fingerprint density at radius 2 is 1.83 bits per heavy atom. The first-order valence-electron chi connectivity index (χ1n) is 9.89. The standard InChI is InChI=1S/C22H28N2O4S/c1-4-20(17-9-11-18(28-3)12-10-17)23-22(25)21-6-5-15-24(21)29(26,27)19-13-7-16(2)8-14-19/h7-14,20-21H,4-6,15H2,1-3H3,(H,23,25). The van der Waals surface area contributed by atoms with Gasteiger partial charge in [0.2, 0.25) is 15.9 Å². The van der Waals surface area contributed by atoms with E-state index in [-0.39, 0.29) is 16.8 Å². The number of carbonyl (C=O) groups excluding carboxylic acids is 1. The minimum Gasteiger partial charge on any atom is -0.497 e.